The molecule has 0 aliphatic heterocycles. The van der Waals surface area contributed by atoms with Gasteiger partial charge in [-0.1, -0.05) is 6.92 Å². The summed E-state index contributed by atoms with van der Waals surface area (Å²) in [6, 6.07) is 0. The zero-order valence-electron chi connectivity index (χ0n) is 8.61. The second-order valence-electron chi connectivity index (χ2n) is 3.25. The first kappa shape index (κ1) is 10.4. The van der Waals surface area contributed by atoms with Crippen LogP contribution >= 0.6 is 0 Å². The van der Waals surface area contributed by atoms with Crippen molar-refractivity contribution < 1.29 is 9.90 Å². The number of carbonyl (C=O) groups is 1. The number of nitrogen functional groups attached to an aromatic ring is 1. The first-order chi connectivity index (χ1) is 7.69. The van der Waals surface area contributed by atoms with E-state index in [1.165, 1.54) is 6.20 Å². The van der Waals surface area contributed by atoms with Crippen LogP contribution in [0.1, 0.15) is 23.0 Å². The lowest BCUT2D eigenvalue weighted by molar-refractivity contribution is 0.0697. The molecule has 0 bridgehead atoms. The minimum atomic E-state index is -1.08. The van der Waals surface area contributed by atoms with E-state index < -0.39 is 5.97 Å². The number of H-pyrrole nitrogens is 1. The van der Waals surface area contributed by atoms with Gasteiger partial charge in [-0.2, -0.15) is 5.10 Å². The Hall–Kier alpha value is -2.15. The standard InChI is InChI=1S/C9H11N5O2/c1-2-5-6-7(12-10)4(9(15)16)3-11-8(6)14-13-5/h3H,2,10H2,1H3,(H,15,16)(H2,11,12,13,14). The summed E-state index contributed by atoms with van der Waals surface area (Å²) in [5, 5.41) is 16.4. The number of fused-ring (bicyclic) bond motifs is 1. The highest BCUT2D eigenvalue weighted by molar-refractivity contribution is 6.04. The molecule has 0 saturated carbocycles. The number of nitrogens with two attached hydrogens (primary N) is 1. The van der Waals surface area contributed by atoms with Crippen LogP contribution in [0.3, 0.4) is 0 Å². The molecule has 0 atom stereocenters. The van der Waals surface area contributed by atoms with Crippen molar-refractivity contribution in [1.82, 2.24) is 15.2 Å². The fraction of sp³-hybridized carbons (Fsp3) is 0.222. The minimum absolute atomic E-state index is 0.0334. The van der Waals surface area contributed by atoms with Crippen molar-refractivity contribution in [3.8, 4) is 0 Å². The zero-order valence-corrected chi connectivity index (χ0v) is 8.61. The second kappa shape index (κ2) is 3.78. The van der Waals surface area contributed by atoms with Crippen LogP contribution in [0, 0.1) is 0 Å². The largest absolute Gasteiger partial charge is 0.478 e. The summed E-state index contributed by atoms with van der Waals surface area (Å²) in [5.41, 5.74) is 4.03. The highest BCUT2D eigenvalue weighted by Gasteiger charge is 2.17. The number of hydrazine groups is 1. The number of nitrogens with one attached hydrogen (secondary N) is 2. The maximum atomic E-state index is 11.0. The van der Waals surface area contributed by atoms with E-state index in [2.05, 4.69) is 20.6 Å². The third kappa shape index (κ3) is 1.38. The number of nitrogens with zero attached hydrogens (tertiary/aromatic N) is 2. The van der Waals surface area contributed by atoms with Gasteiger partial charge in [0, 0.05) is 11.9 Å². The monoisotopic (exact) mass is 221 g/mol. The summed E-state index contributed by atoms with van der Waals surface area (Å²) in [6.07, 6.45) is 1.93. The normalized spacial score (nSPS) is 10.6. The molecule has 0 radical (unpaired) electrons. The summed E-state index contributed by atoms with van der Waals surface area (Å²) in [7, 11) is 0. The number of pyridine rings is 1. The van der Waals surface area contributed by atoms with E-state index in [0.717, 1.165) is 5.69 Å². The fourth-order valence-electron chi connectivity index (χ4n) is 1.62. The first-order valence-corrected chi connectivity index (χ1v) is 4.74. The molecule has 2 aromatic rings. The van der Waals surface area contributed by atoms with Gasteiger partial charge in [-0.05, 0) is 6.42 Å². The van der Waals surface area contributed by atoms with Crippen LogP contribution in [0.25, 0.3) is 11.0 Å². The predicted molar refractivity (Wildman–Crippen MR) is 58.0 cm³/mol. The van der Waals surface area contributed by atoms with Crippen LogP contribution in [0.2, 0.25) is 0 Å². The van der Waals surface area contributed by atoms with Gasteiger partial charge < -0.3 is 10.5 Å². The molecule has 0 spiro atoms. The molecule has 2 heterocycles. The molecule has 84 valence electrons. The van der Waals surface area contributed by atoms with E-state index in [1.807, 2.05) is 6.92 Å². The molecule has 5 N–H and O–H groups in total. The Balaban J connectivity index is 2.82. The summed E-state index contributed by atoms with van der Waals surface area (Å²) in [6.45, 7) is 1.93. The number of aromatic nitrogens is 3. The summed E-state index contributed by atoms with van der Waals surface area (Å²) in [4.78, 5) is 14.9. The van der Waals surface area contributed by atoms with Gasteiger partial charge in [-0.15, -0.1) is 0 Å². The van der Waals surface area contributed by atoms with Crippen molar-refractivity contribution in [1.29, 1.82) is 0 Å². The molecule has 0 fully saturated rings. The predicted octanol–water partition coefficient (Wildman–Crippen LogP) is 0.504. The third-order valence-corrected chi connectivity index (χ3v) is 2.39. The molecule has 2 rings (SSSR count). The first-order valence-electron chi connectivity index (χ1n) is 4.74. The van der Waals surface area contributed by atoms with Crippen molar-refractivity contribution in [2.75, 3.05) is 5.43 Å². The highest BCUT2D eigenvalue weighted by atomic mass is 16.4. The van der Waals surface area contributed by atoms with E-state index >= 15 is 0 Å². The van der Waals surface area contributed by atoms with Crippen LogP contribution in [0.5, 0.6) is 0 Å². The van der Waals surface area contributed by atoms with Crippen LogP contribution in [0.4, 0.5) is 5.69 Å². The Morgan fingerprint density at radius 1 is 1.69 bits per heavy atom. The van der Waals surface area contributed by atoms with Crippen LogP contribution in [0.15, 0.2) is 6.20 Å². The highest BCUT2D eigenvalue weighted by Crippen LogP contribution is 2.27. The van der Waals surface area contributed by atoms with Gasteiger partial charge >= 0.3 is 5.97 Å². The lowest BCUT2D eigenvalue weighted by Gasteiger charge is -2.06. The van der Waals surface area contributed by atoms with Crippen molar-refractivity contribution in [2.24, 2.45) is 5.84 Å². The Kier molecular flexibility index (Phi) is 2.45. The van der Waals surface area contributed by atoms with Gasteiger partial charge in [0.1, 0.15) is 5.56 Å². The number of carboxylic acids is 1. The van der Waals surface area contributed by atoms with Crippen LogP contribution in [-0.4, -0.2) is 26.3 Å². The lowest BCUT2D eigenvalue weighted by atomic mass is 10.1. The maximum Gasteiger partial charge on any atom is 0.339 e. The zero-order chi connectivity index (χ0) is 11.7. The van der Waals surface area contributed by atoms with Crippen molar-refractivity contribution in [3.05, 3.63) is 17.5 Å². The van der Waals surface area contributed by atoms with Gasteiger partial charge in [0.25, 0.3) is 0 Å². The molecular formula is C9H11N5O2. The Morgan fingerprint density at radius 2 is 2.44 bits per heavy atom. The van der Waals surface area contributed by atoms with Gasteiger partial charge in [-0.3, -0.25) is 10.9 Å². The van der Waals surface area contributed by atoms with Crippen molar-refractivity contribution in [2.45, 2.75) is 13.3 Å². The molecule has 0 saturated heterocycles. The average molecular weight is 221 g/mol. The van der Waals surface area contributed by atoms with Crippen LogP contribution < -0.4 is 11.3 Å². The van der Waals surface area contributed by atoms with E-state index in [4.69, 9.17) is 10.9 Å². The third-order valence-electron chi connectivity index (χ3n) is 2.39. The molecule has 7 nitrogen and oxygen atoms in total. The summed E-state index contributed by atoms with van der Waals surface area (Å²) in [5.74, 6) is 4.28. The number of aromatic carboxylic acids is 1. The molecule has 16 heavy (non-hydrogen) atoms. The second-order valence-corrected chi connectivity index (χ2v) is 3.25. The lowest BCUT2D eigenvalue weighted by Crippen LogP contribution is -2.13. The number of anilines is 1. The minimum Gasteiger partial charge on any atom is -0.478 e. The molecule has 0 aliphatic rings. The topological polar surface area (TPSA) is 117 Å². The molecule has 2 aromatic heterocycles. The smallest absolute Gasteiger partial charge is 0.339 e. The maximum absolute atomic E-state index is 11.0. The summed E-state index contributed by atoms with van der Waals surface area (Å²) < 4.78 is 0. The SMILES string of the molecule is CCc1[nH]nc2ncc(C(=O)O)c(NN)c12. The number of aromatic amines is 1. The van der Waals surface area contributed by atoms with Gasteiger partial charge in [0.15, 0.2) is 5.65 Å². The number of carboxylic acid groups (broad SMARTS) is 1. The Labute approximate surface area is 90.6 Å². The fourth-order valence-corrected chi connectivity index (χ4v) is 1.62. The van der Waals surface area contributed by atoms with E-state index in [1.54, 1.807) is 0 Å². The number of aryl methyl sites for hydroxylation is 1. The Bertz CT molecular complexity index is 548. The van der Waals surface area contributed by atoms with Gasteiger partial charge in [-0.25, -0.2) is 9.78 Å². The van der Waals surface area contributed by atoms with Crippen LogP contribution in [-0.2, 0) is 6.42 Å². The van der Waals surface area contributed by atoms with E-state index in [0.29, 0.717) is 23.1 Å². The molecule has 7 heteroatoms. The van der Waals surface area contributed by atoms with Gasteiger partial charge in [0.2, 0.25) is 0 Å². The van der Waals surface area contributed by atoms with E-state index in [-0.39, 0.29) is 5.56 Å². The quantitative estimate of drug-likeness (QED) is 0.443. The van der Waals surface area contributed by atoms with Gasteiger partial charge in [0.05, 0.1) is 11.1 Å². The average Bonchev–Trinajstić information content (AvgIpc) is 2.70. The molecule has 0 aromatic carbocycles. The van der Waals surface area contributed by atoms with Crippen molar-refractivity contribution in [3.63, 3.8) is 0 Å². The number of rotatable bonds is 3. The Morgan fingerprint density at radius 3 is 3.00 bits per heavy atom. The molecule has 0 amide bonds. The molecule has 0 aliphatic carbocycles. The van der Waals surface area contributed by atoms with Crippen molar-refractivity contribution >= 4 is 22.7 Å². The summed E-state index contributed by atoms with van der Waals surface area (Å²) >= 11 is 0. The molecular weight excluding hydrogens is 210 g/mol. The molecule has 0 unspecified atom stereocenters. The van der Waals surface area contributed by atoms with E-state index in [9.17, 15) is 4.79 Å². The number of hydrogen-bond acceptors (Lipinski definition) is 5. The number of hydrogen-bond donors (Lipinski definition) is 4.